The summed E-state index contributed by atoms with van der Waals surface area (Å²) in [5.41, 5.74) is 2.30. The van der Waals surface area contributed by atoms with E-state index in [4.69, 9.17) is 11.6 Å². The SMILES string of the molecule is CCC(O)C(C)Cc1ccc(C)cc1Cl. The van der Waals surface area contributed by atoms with Gasteiger partial charge in [-0.3, -0.25) is 0 Å². The van der Waals surface area contributed by atoms with Crippen molar-refractivity contribution in [3.63, 3.8) is 0 Å². The van der Waals surface area contributed by atoms with Crippen molar-refractivity contribution in [2.45, 2.75) is 39.7 Å². The van der Waals surface area contributed by atoms with Crippen LogP contribution in [0.5, 0.6) is 0 Å². The second-order valence-corrected chi connectivity index (χ2v) is 4.66. The van der Waals surface area contributed by atoms with Gasteiger partial charge in [0.1, 0.15) is 0 Å². The number of aryl methyl sites for hydroxylation is 1. The molecule has 0 heterocycles. The van der Waals surface area contributed by atoms with Crippen LogP contribution in [0.25, 0.3) is 0 Å². The molecule has 0 amide bonds. The molecule has 2 atom stereocenters. The van der Waals surface area contributed by atoms with Crippen LogP contribution in [0.1, 0.15) is 31.4 Å². The maximum atomic E-state index is 9.69. The molecule has 0 aliphatic rings. The third kappa shape index (κ3) is 3.51. The Hall–Kier alpha value is -0.530. The van der Waals surface area contributed by atoms with Crippen molar-refractivity contribution < 1.29 is 5.11 Å². The first-order valence-electron chi connectivity index (χ1n) is 5.47. The van der Waals surface area contributed by atoms with Gasteiger partial charge in [-0.1, -0.05) is 37.6 Å². The molecule has 0 bridgehead atoms. The van der Waals surface area contributed by atoms with E-state index in [1.807, 2.05) is 19.9 Å². The summed E-state index contributed by atoms with van der Waals surface area (Å²) in [4.78, 5) is 0. The number of aliphatic hydroxyl groups is 1. The van der Waals surface area contributed by atoms with Crippen molar-refractivity contribution in [1.29, 1.82) is 0 Å². The minimum absolute atomic E-state index is 0.234. The Morgan fingerprint density at radius 2 is 2.07 bits per heavy atom. The van der Waals surface area contributed by atoms with Crippen LogP contribution in [0.4, 0.5) is 0 Å². The Morgan fingerprint density at radius 3 is 2.60 bits per heavy atom. The van der Waals surface area contributed by atoms with Crippen LogP contribution >= 0.6 is 11.6 Å². The van der Waals surface area contributed by atoms with Gasteiger partial charge >= 0.3 is 0 Å². The van der Waals surface area contributed by atoms with Gasteiger partial charge in [-0.05, 0) is 42.9 Å². The molecule has 0 radical (unpaired) electrons. The van der Waals surface area contributed by atoms with E-state index in [2.05, 4.69) is 19.1 Å². The summed E-state index contributed by atoms with van der Waals surface area (Å²) in [7, 11) is 0. The summed E-state index contributed by atoms with van der Waals surface area (Å²) in [5, 5.41) is 10.5. The van der Waals surface area contributed by atoms with Crippen LogP contribution in [0, 0.1) is 12.8 Å². The van der Waals surface area contributed by atoms with Crippen molar-refractivity contribution in [3.05, 3.63) is 34.3 Å². The van der Waals surface area contributed by atoms with Gasteiger partial charge in [0.25, 0.3) is 0 Å². The van der Waals surface area contributed by atoms with Gasteiger partial charge in [-0.2, -0.15) is 0 Å². The summed E-state index contributed by atoms with van der Waals surface area (Å²) in [6, 6.07) is 6.09. The Kier molecular flexibility index (Phi) is 4.62. The zero-order valence-corrected chi connectivity index (χ0v) is 10.4. The van der Waals surface area contributed by atoms with E-state index >= 15 is 0 Å². The van der Waals surface area contributed by atoms with Gasteiger partial charge in [0.2, 0.25) is 0 Å². The highest BCUT2D eigenvalue weighted by Gasteiger charge is 2.14. The fourth-order valence-corrected chi connectivity index (χ4v) is 2.02. The lowest BCUT2D eigenvalue weighted by Crippen LogP contribution is -2.18. The van der Waals surface area contributed by atoms with Gasteiger partial charge in [0.05, 0.1) is 6.10 Å². The largest absolute Gasteiger partial charge is 0.393 e. The summed E-state index contributed by atoms with van der Waals surface area (Å²) in [6.07, 6.45) is 1.40. The van der Waals surface area contributed by atoms with E-state index in [0.29, 0.717) is 0 Å². The highest BCUT2D eigenvalue weighted by atomic mass is 35.5. The zero-order chi connectivity index (χ0) is 11.4. The minimum Gasteiger partial charge on any atom is -0.393 e. The molecular weight excluding hydrogens is 208 g/mol. The lowest BCUT2D eigenvalue weighted by atomic mass is 9.94. The van der Waals surface area contributed by atoms with Crippen LogP contribution in [0.15, 0.2) is 18.2 Å². The van der Waals surface area contributed by atoms with E-state index in [9.17, 15) is 5.11 Å². The van der Waals surface area contributed by atoms with Gasteiger partial charge in [-0.25, -0.2) is 0 Å². The van der Waals surface area contributed by atoms with E-state index in [0.717, 1.165) is 23.4 Å². The number of benzene rings is 1. The Labute approximate surface area is 97.1 Å². The molecule has 84 valence electrons. The Bertz CT molecular complexity index is 322. The first-order chi connectivity index (χ1) is 7.04. The molecule has 1 aromatic carbocycles. The lowest BCUT2D eigenvalue weighted by Gasteiger charge is -2.17. The van der Waals surface area contributed by atoms with Crippen LogP contribution in [0.3, 0.4) is 0 Å². The average Bonchev–Trinajstić information content (AvgIpc) is 2.20. The van der Waals surface area contributed by atoms with Gasteiger partial charge in [0.15, 0.2) is 0 Å². The lowest BCUT2D eigenvalue weighted by molar-refractivity contribution is 0.113. The predicted molar refractivity (Wildman–Crippen MR) is 65.4 cm³/mol. The molecule has 0 aliphatic heterocycles. The number of hydrogen-bond acceptors (Lipinski definition) is 1. The summed E-state index contributed by atoms with van der Waals surface area (Å²) >= 11 is 6.14. The van der Waals surface area contributed by atoms with Crippen LogP contribution in [-0.4, -0.2) is 11.2 Å². The quantitative estimate of drug-likeness (QED) is 0.832. The molecule has 1 rings (SSSR count). The molecule has 1 N–H and O–H groups in total. The average molecular weight is 227 g/mol. The number of rotatable bonds is 4. The molecule has 0 fully saturated rings. The number of hydrogen-bond donors (Lipinski definition) is 1. The van der Waals surface area contributed by atoms with Gasteiger partial charge < -0.3 is 5.11 Å². The minimum atomic E-state index is -0.234. The third-order valence-electron chi connectivity index (χ3n) is 2.83. The Morgan fingerprint density at radius 1 is 1.40 bits per heavy atom. The predicted octanol–water partition coefficient (Wildman–Crippen LogP) is 3.60. The molecule has 0 saturated heterocycles. The molecule has 0 saturated carbocycles. The van der Waals surface area contributed by atoms with Gasteiger partial charge in [0, 0.05) is 5.02 Å². The topological polar surface area (TPSA) is 20.2 Å². The zero-order valence-electron chi connectivity index (χ0n) is 9.63. The molecule has 0 aromatic heterocycles. The Balaban J connectivity index is 2.72. The normalized spacial score (nSPS) is 15.0. The molecule has 1 aromatic rings. The highest BCUT2D eigenvalue weighted by Crippen LogP contribution is 2.22. The van der Waals surface area contributed by atoms with E-state index in [1.54, 1.807) is 0 Å². The molecule has 2 unspecified atom stereocenters. The number of aliphatic hydroxyl groups excluding tert-OH is 1. The molecular formula is C13H19ClO. The summed E-state index contributed by atoms with van der Waals surface area (Å²) < 4.78 is 0. The van der Waals surface area contributed by atoms with Crippen molar-refractivity contribution in [3.8, 4) is 0 Å². The first-order valence-corrected chi connectivity index (χ1v) is 5.85. The maximum absolute atomic E-state index is 9.69. The fraction of sp³-hybridized carbons (Fsp3) is 0.538. The molecule has 0 aliphatic carbocycles. The molecule has 15 heavy (non-hydrogen) atoms. The standard InChI is InChI=1S/C13H19ClO/c1-4-13(15)10(3)8-11-6-5-9(2)7-12(11)14/h5-7,10,13,15H,4,8H2,1-3H3. The smallest absolute Gasteiger partial charge is 0.0566 e. The first kappa shape index (κ1) is 12.5. The van der Waals surface area contributed by atoms with E-state index in [-0.39, 0.29) is 12.0 Å². The van der Waals surface area contributed by atoms with Crippen molar-refractivity contribution >= 4 is 11.6 Å². The maximum Gasteiger partial charge on any atom is 0.0566 e. The van der Waals surface area contributed by atoms with Gasteiger partial charge in [-0.15, -0.1) is 0 Å². The van der Waals surface area contributed by atoms with Crippen LogP contribution in [0.2, 0.25) is 5.02 Å². The van der Waals surface area contributed by atoms with Crippen molar-refractivity contribution in [2.75, 3.05) is 0 Å². The highest BCUT2D eigenvalue weighted by molar-refractivity contribution is 6.31. The van der Waals surface area contributed by atoms with Crippen LogP contribution in [-0.2, 0) is 6.42 Å². The van der Waals surface area contributed by atoms with Crippen LogP contribution < -0.4 is 0 Å². The second kappa shape index (κ2) is 5.53. The fourth-order valence-electron chi connectivity index (χ4n) is 1.70. The van der Waals surface area contributed by atoms with E-state index < -0.39 is 0 Å². The van der Waals surface area contributed by atoms with Crippen molar-refractivity contribution in [2.24, 2.45) is 5.92 Å². The molecule has 2 heteroatoms. The van der Waals surface area contributed by atoms with Crippen molar-refractivity contribution in [1.82, 2.24) is 0 Å². The summed E-state index contributed by atoms with van der Waals surface area (Å²) in [5.74, 6) is 0.259. The monoisotopic (exact) mass is 226 g/mol. The third-order valence-corrected chi connectivity index (χ3v) is 3.18. The molecule has 0 spiro atoms. The molecule has 1 nitrogen and oxygen atoms in total. The summed E-state index contributed by atoms with van der Waals surface area (Å²) in [6.45, 7) is 6.09. The number of halogens is 1. The second-order valence-electron chi connectivity index (χ2n) is 4.25. The van der Waals surface area contributed by atoms with E-state index in [1.165, 1.54) is 5.56 Å².